The van der Waals surface area contributed by atoms with Crippen molar-refractivity contribution >= 4 is 0 Å². The second kappa shape index (κ2) is 7.83. The average molecular weight is 319 g/mol. The van der Waals surface area contributed by atoms with Gasteiger partial charge in [-0.3, -0.25) is 0 Å². The number of benzene rings is 2. The van der Waals surface area contributed by atoms with Crippen molar-refractivity contribution in [2.24, 2.45) is 0 Å². The second-order valence-electron chi connectivity index (χ2n) is 5.14. The number of hydrogen-bond acceptors (Lipinski definition) is 4. The third-order valence-electron chi connectivity index (χ3n) is 3.74. The number of para-hydroxylation sites is 1. The molecule has 1 unspecified atom stereocenters. The first-order valence-electron chi connectivity index (χ1n) is 7.37. The van der Waals surface area contributed by atoms with Crippen molar-refractivity contribution in [3.05, 3.63) is 53.3 Å². The van der Waals surface area contributed by atoms with Crippen molar-refractivity contribution in [1.29, 1.82) is 0 Å². The molecule has 0 bridgehead atoms. The van der Waals surface area contributed by atoms with E-state index in [4.69, 9.17) is 14.2 Å². The molecule has 124 valence electrons. The van der Waals surface area contributed by atoms with Gasteiger partial charge in [0.15, 0.2) is 11.5 Å². The van der Waals surface area contributed by atoms with Crippen LogP contribution in [0.15, 0.2) is 36.4 Å². The van der Waals surface area contributed by atoms with Crippen molar-refractivity contribution in [2.75, 3.05) is 21.3 Å². The molecule has 2 rings (SSSR count). The normalized spacial score (nSPS) is 11.9. The molecular weight excluding hydrogens is 297 g/mol. The molecule has 0 aliphatic rings. The number of hydrogen-bond donors (Lipinski definition) is 1. The molecule has 0 aliphatic carbocycles. The molecule has 0 heterocycles. The molecule has 0 saturated carbocycles. The highest BCUT2D eigenvalue weighted by Gasteiger charge is 2.14. The van der Waals surface area contributed by atoms with E-state index in [0.717, 1.165) is 11.1 Å². The Morgan fingerprint density at radius 1 is 1.00 bits per heavy atom. The van der Waals surface area contributed by atoms with E-state index < -0.39 is 0 Å². The van der Waals surface area contributed by atoms with E-state index in [1.54, 1.807) is 27.4 Å². The highest BCUT2D eigenvalue weighted by Crippen LogP contribution is 2.31. The van der Waals surface area contributed by atoms with E-state index in [9.17, 15) is 4.39 Å². The summed E-state index contributed by atoms with van der Waals surface area (Å²) in [5, 5.41) is 3.36. The smallest absolute Gasteiger partial charge is 0.165 e. The Labute approximate surface area is 136 Å². The fourth-order valence-corrected chi connectivity index (χ4v) is 2.51. The van der Waals surface area contributed by atoms with Gasteiger partial charge >= 0.3 is 0 Å². The van der Waals surface area contributed by atoms with Crippen LogP contribution < -0.4 is 19.5 Å². The van der Waals surface area contributed by atoms with Crippen LogP contribution >= 0.6 is 0 Å². The monoisotopic (exact) mass is 319 g/mol. The topological polar surface area (TPSA) is 39.7 Å². The Morgan fingerprint density at radius 2 is 1.74 bits per heavy atom. The van der Waals surface area contributed by atoms with Gasteiger partial charge in [-0.2, -0.15) is 0 Å². The Hall–Kier alpha value is -2.27. The van der Waals surface area contributed by atoms with E-state index in [1.807, 2.05) is 25.1 Å². The van der Waals surface area contributed by atoms with Gasteiger partial charge in [0.2, 0.25) is 0 Å². The highest BCUT2D eigenvalue weighted by atomic mass is 19.1. The van der Waals surface area contributed by atoms with E-state index in [1.165, 1.54) is 12.1 Å². The fraction of sp³-hybridized carbons (Fsp3) is 0.333. The average Bonchev–Trinajstić information content (AvgIpc) is 2.58. The minimum absolute atomic E-state index is 0.0865. The SMILES string of the molecule is COc1ccc(F)cc1C(C)NCc1cccc(OC)c1OC. The van der Waals surface area contributed by atoms with E-state index in [0.29, 0.717) is 23.8 Å². The van der Waals surface area contributed by atoms with Crippen LogP contribution in [-0.2, 0) is 6.54 Å². The summed E-state index contributed by atoms with van der Waals surface area (Å²) in [6, 6.07) is 10.1. The second-order valence-corrected chi connectivity index (χ2v) is 5.14. The van der Waals surface area contributed by atoms with Crippen LogP contribution in [0.1, 0.15) is 24.1 Å². The molecule has 4 nitrogen and oxygen atoms in total. The van der Waals surface area contributed by atoms with Crippen LogP contribution in [0.25, 0.3) is 0 Å². The van der Waals surface area contributed by atoms with Crippen molar-refractivity contribution in [3.8, 4) is 17.2 Å². The maximum absolute atomic E-state index is 13.5. The van der Waals surface area contributed by atoms with Gasteiger partial charge in [0.1, 0.15) is 11.6 Å². The zero-order valence-corrected chi connectivity index (χ0v) is 13.9. The molecule has 0 spiro atoms. The van der Waals surface area contributed by atoms with Crippen molar-refractivity contribution in [1.82, 2.24) is 5.32 Å². The summed E-state index contributed by atoms with van der Waals surface area (Å²) in [5.41, 5.74) is 1.74. The lowest BCUT2D eigenvalue weighted by Gasteiger charge is -2.19. The number of methoxy groups -OCH3 is 3. The van der Waals surface area contributed by atoms with Crippen molar-refractivity contribution in [3.63, 3.8) is 0 Å². The Bertz CT molecular complexity index is 661. The highest BCUT2D eigenvalue weighted by molar-refractivity contribution is 5.46. The maximum Gasteiger partial charge on any atom is 0.165 e. The van der Waals surface area contributed by atoms with E-state index in [2.05, 4.69) is 5.32 Å². The molecule has 1 atom stereocenters. The van der Waals surface area contributed by atoms with E-state index in [-0.39, 0.29) is 11.9 Å². The summed E-state index contributed by atoms with van der Waals surface area (Å²) in [7, 11) is 4.80. The molecule has 2 aromatic carbocycles. The summed E-state index contributed by atoms with van der Waals surface area (Å²) in [6.07, 6.45) is 0. The third kappa shape index (κ3) is 3.93. The Balaban J connectivity index is 2.17. The van der Waals surface area contributed by atoms with Crippen LogP contribution in [0, 0.1) is 5.82 Å². The van der Waals surface area contributed by atoms with Crippen molar-refractivity contribution < 1.29 is 18.6 Å². The quantitative estimate of drug-likeness (QED) is 0.844. The first-order chi connectivity index (χ1) is 11.1. The molecule has 0 saturated heterocycles. The van der Waals surface area contributed by atoms with Gasteiger partial charge in [-0.15, -0.1) is 0 Å². The fourth-order valence-electron chi connectivity index (χ4n) is 2.51. The Morgan fingerprint density at radius 3 is 2.39 bits per heavy atom. The summed E-state index contributed by atoms with van der Waals surface area (Å²) in [5.74, 6) is 1.75. The molecule has 23 heavy (non-hydrogen) atoms. The summed E-state index contributed by atoms with van der Waals surface area (Å²) >= 11 is 0. The molecule has 0 fully saturated rings. The number of ether oxygens (including phenoxy) is 3. The van der Waals surface area contributed by atoms with Crippen LogP contribution in [-0.4, -0.2) is 21.3 Å². The molecule has 0 aliphatic heterocycles. The summed E-state index contributed by atoms with van der Waals surface area (Å²) in [4.78, 5) is 0. The molecule has 0 amide bonds. The van der Waals surface area contributed by atoms with Gasteiger partial charge in [0.25, 0.3) is 0 Å². The number of rotatable bonds is 7. The zero-order valence-electron chi connectivity index (χ0n) is 13.9. The lowest BCUT2D eigenvalue weighted by Crippen LogP contribution is -2.19. The first-order valence-corrected chi connectivity index (χ1v) is 7.37. The van der Waals surface area contributed by atoms with Gasteiger partial charge in [0.05, 0.1) is 21.3 Å². The minimum atomic E-state index is -0.284. The predicted molar refractivity (Wildman–Crippen MR) is 87.8 cm³/mol. The zero-order chi connectivity index (χ0) is 16.8. The molecular formula is C18H22FNO3. The maximum atomic E-state index is 13.5. The van der Waals surface area contributed by atoms with Gasteiger partial charge in [-0.05, 0) is 31.2 Å². The Kier molecular flexibility index (Phi) is 5.82. The standard InChI is InChI=1S/C18H22FNO3/c1-12(15-10-14(19)8-9-16(15)21-2)20-11-13-6-5-7-17(22-3)18(13)23-4/h5-10,12,20H,11H2,1-4H3. The van der Waals surface area contributed by atoms with Crippen molar-refractivity contribution in [2.45, 2.75) is 19.5 Å². The van der Waals surface area contributed by atoms with Gasteiger partial charge in [0, 0.05) is 23.7 Å². The summed E-state index contributed by atoms with van der Waals surface area (Å²) < 4.78 is 29.5. The lowest BCUT2D eigenvalue weighted by atomic mass is 10.1. The first kappa shape index (κ1) is 17.1. The lowest BCUT2D eigenvalue weighted by molar-refractivity contribution is 0.349. The predicted octanol–water partition coefficient (Wildman–Crippen LogP) is 3.70. The van der Waals surface area contributed by atoms with Crippen LogP contribution in [0.2, 0.25) is 0 Å². The molecule has 5 heteroatoms. The molecule has 2 aromatic rings. The molecule has 0 aromatic heterocycles. The number of halogens is 1. The van der Waals surface area contributed by atoms with Gasteiger partial charge in [-0.25, -0.2) is 4.39 Å². The molecule has 1 N–H and O–H groups in total. The number of nitrogens with one attached hydrogen (secondary N) is 1. The third-order valence-corrected chi connectivity index (χ3v) is 3.74. The largest absolute Gasteiger partial charge is 0.496 e. The van der Waals surface area contributed by atoms with Crippen LogP contribution in [0.4, 0.5) is 4.39 Å². The van der Waals surface area contributed by atoms with Crippen LogP contribution in [0.3, 0.4) is 0 Å². The van der Waals surface area contributed by atoms with E-state index >= 15 is 0 Å². The van der Waals surface area contributed by atoms with Gasteiger partial charge < -0.3 is 19.5 Å². The van der Waals surface area contributed by atoms with Gasteiger partial charge in [-0.1, -0.05) is 12.1 Å². The summed E-state index contributed by atoms with van der Waals surface area (Å²) in [6.45, 7) is 2.52. The molecule has 0 radical (unpaired) electrons. The minimum Gasteiger partial charge on any atom is -0.496 e. The van der Waals surface area contributed by atoms with Crippen LogP contribution in [0.5, 0.6) is 17.2 Å².